The maximum absolute atomic E-state index is 15.3. The predicted molar refractivity (Wildman–Crippen MR) is 142 cm³/mol. The average molecular weight is 898 g/mol. The molecular weight excluding hydrogens is 885 g/mol. The highest BCUT2D eigenvalue weighted by molar-refractivity contribution is 8.33. The van der Waals surface area contributed by atoms with Gasteiger partial charge in [-0.05, 0) is 71.0 Å². The first-order valence-corrected chi connectivity index (χ1v) is 16.6. The third-order valence-corrected chi connectivity index (χ3v) is 12.5. The minimum absolute atomic E-state index is 0.0134. The predicted octanol–water partition coefficient (Wildman–Crippen LogP) is 12.2. The zero-order valence-electron chi connectivity index (χ0n) is 25.7. The van der Waals surface area contributed by atoms with Crippen molar-refractivity contribution >= 4 is 20.4 Å². The van der Waals surface area contributed by atoms with Crippen LogP contribution < -0.4 is 0 Å². The third-order valence-electron chi connectivity index (χ3n) is 7.30. The average Bonchev–Trinajstić information content (AvgIpc) is 3.05. The van der Waals surface area contributed by atoms with Gasteiger partial charge in [0.05, 0.1) is 11.1 Å². The number of halogens is 23. The summed E-state index contributed by atoms with van der Waals surface area (Å²) in [6, 6.07) is 4.02. The van der Waals surface area contributed by atoms with Gasteiger partial charge in [-0.2, -0.15) is 109 Å². The van der Waals surface area contributed by atoms with E-state index in [2.05, 4.69) is 3.63 Å². The molecule has 0 aromatic heterocycles. The maximum Gasteiger partial charge on any atom is 0.460 e. The topological polar surface area (TPSA) is 43.4 Å². The molecule has 0 bridgehead atoms. The number of hydrogen-bond donors (Lipinski definition) is 0. The van der Waals surface area contributed by atoms with Gasteiger partial charge in [0.15, 0.2) is 0 Å². The maximum atomic E-state index is 15.3. The Morgan fingerprint density at radius 1 is 0.357 bits per heavy atom. The molecule has 3 aromatic rings. The zero-order chi connectivity index (χ0) is 43.8. The van der Waals surface area contributed by atoms with Crippen molar-refractivity contribution in [3.63, 3.8) is 0 Å². The van der Waals surface area contributed by atoms with Crippen molar-refractivity contribution in [2.45, 2.75) is 74.0 Å². The molecule has 28 heteroatoms. The van der Waals surface area contributed by atoms with Crippen LogP contribution in [0.1, 0.15) is 11.1 Å². The normalized spacial score (nSPS) is 15.6. The summed E-state index contributed by atoms with van der Waals surface area (Å²) in [5, 5.41) is -8.24. The van der Waals surface area contributed by atoms with E-state index >= 15 is 8.78 Å². The molecule has 0 saturated carbocycles. The molecule has 316 valence electrons. The van der Waals surface area contributed by atoms with Gasteiger partial charge >= 0.3 is 69.4 Å². The van der Waals surface area contributed by atoms with Crippen molar-refractivity contribution in [1.82, 2.24) is 0 Å². The second-order valence-corrected chi connectivity index (χ2v) is 15.4. The van der Waals surface area contributed by atoms with E-state index in [0.717, 1.165) is 18.2 Å². The molecule has 3 aromatic carbocycles. The quantitative estimate of drug-likeness (QED) is 0.170. The number of benzene rings is 3. The van der Waals surface area contributed by atoms with Gasteiger partial charge in [-0.1, -0.05) is 18.2 Å². The first-order valence-electron chi connectivity index (χ1n) is 13.6. The van der Waals surface area contributed by atoms with Crippen molar-refractivity contribution in [3.05, 3.63) is 90.0 Å². The molecule has 0 radical (unpaired) electrons. The summed E-state index contributed by atoms with van der Waals surface area (Å²) in [4.78, 5) is -3.55. The summed E-state index contributed by atoms with van der Waals surface area (Å²) in [6.45, 7) is 0. The van der Waals surface area contributed by atoms with E-state index in [9.17, 15) is 101 Å². The van der Waals surface area contributed by atoms with E-state index in [0.29, 0.717) is 12.1 Å². The Morgan fingerprint density at radius 2 is 0.643 bits per heavy atom. The van der Waals surface area contributed by atoms with Crippen LogP contribution in [0, 0.1) is 0 Å². The van der Waals surface area contributed by atoms with Crippen molar-refractivity contribution < 1.29 is 113 Å². The van der Waals surface area contributed by atoms with Crippen LogP contribution in [0.15, 0.2) is 93.5 Å². The molecule has 56 heavy (non-hydrogen) atoms. The Bertz CT molecular complexity index is 1910. The first-order chi connectivity index (χ1) is 24.7. The lowest BCUT2D eigenvalue weighted by Crippen LogP contribution is -2.75. The Kier molecular flexibility index (Phi) is 11.4. The first kappa shape index (κ1) is 46.7. The molecule has 3 nitrogen and oxygen atoms in total. The van der Waals surface area contributed by atoms with Gasteiger partial charge in [0, 0.05) is 14.7 Å². The molecule has 0 aliphatic carbocycles. The van der Waals surface area contributed by atoms with Crippen LogP contribution in [0.5, 0.6) is 0 Å². The minimum Gasteiger partial charge on any atom is -0.202 e. The van der Waals surface area contributed by atoms with E-state index < -0.39 is 106 Å². The van der Waals surface area contributed by atoms with Gasteiger partial charge < -0.3 is 0 Å². The molecule has 0 unspecified atom stereocenters. The highest BCUT2D eigenvalue weighted by Crippen LogP contribution is 2.72. The summed E-state index contributed by atoms with van der Waals surface area (Å²) < 4.78 is 347. The van der Waals surface area contributed by atoms with E-state index in [1.165, 1.54) is 0 Å². The fourth-order valence-electron chi connectivity index (χ4n) is 4.29. The van der Waals surface area contributed by atoms with Crippen LogP contribution in [0.4, 0.5) is 101 Å². The van der Waals surface area contributed by atoms with Gasteiger partial charge in [-0.25, -0.2) is 3.63 Å². The summed E-state index contributed by atoms with van der Waals surface area (Å²) in [6.07, 6.45) is -18.6. The van der Waals surface area contributed by atoms with Gasteiger partial charge in [0.25, 0.3) is 0 Å². The lowest BCUT2D eigenvalue weighted by molar-refractivity contribution is -0.458. The molecular formula is C28H13F23O3S2. The van der Waals surface area contributed by atoms with Gasteiger partial charge in [-0.15, -0.1) is 0 Å². The minimum atomic E-state index is -9.19. The lowest BCUT2D eigenvalue weighted by atomic mass is 9.91. The zero-order valence-corrected chi connectivity index (χ0v) is 27.4. The van der Waals surface area contributed by atoms with Gasteiger partial charge in [-0.3, -0.25) is 0 Å². The molecule has 0 spiro atoms. The van der Waals surface area contributed by atoms with Crippen LogP contribution in [-0.2, 0) is 26.1 Å². The fourth-order valence-corrected chi connectivity index (χ4v) is 9.49. The lowest BCUT2D eigenvalue weighted by Gasteiger charge is -2.44. The monoisotopic (exact) mass is 898 g/mol. The van der Waals surface area contributed by atoms with E-state index in [1.807, 2.05) is 0 Å². The fraction of sp³-hybridized carbons (Fsp3) is 0.357. The molecule has 0 amide bonds. The van der Waals surface area contributed by atoms with Gasteiger partial charge in [0.1, 0.15) is 0 Å². The largest absolute Gasteiger partial charge is 0.460 e. The molecule has 0 N–H and O–H groups in total. The Labute approximate surface area is 297 Å². The Balaban J connectivity index is 2.40. The van der Waals surface area contributed by atoms with E-state index in [1.54, 1.807) is 0 Å². The third kappa shape index (κ3) is 6.99. The van der Waals surface area contributed by atoms with Crippen LogP contribution in [0.3, 0.4) is 0 Å². The molecule has 3 rings (SSSR count). The summed E-state index contributed by atoms with van der Waals surface area (Å²) in [5.41, 5.74) is -3.35. The van der Waals surface area contributed by atoms with Crippen molar-refractivity contribution in [1.29, 1.82) is 0 Å². The highest BCUT2D eigenvalue weighted by Gasteiger charge is 2.96. The van der Waals surface area contributed by atoms with Crippen LogP contribution in [0.2, 0.25) is 0 Å². The summed E-state index contributed by atoms with van der Waals surface area (Å²) in [7, 11) is -13.7. The molecule has 0 saturated heterocycles. The van der Waals surface area contributed by atoms with Crippen LogP contribution in [-0.4, -0.2) is 55.4 Å². The second kappa shape index (κ2) is 13.7. The van der Waals surface area contributed by atoms with Crippen LogP contribution in [0.25, 0.3) is 0 Å². The van der Waals surface area contributed by atoms with Crippen molar-refractivity contribution in [2.24, 2.45) is 0 Å². The Morgan fingerprint density at radius 3 is 0.946 bits per heavy atom. The van der Waals surface area contributed by atoms with Crippen molar-refractivity contribution in [2.75, 3.05) is 0 Å². The summed E-state index contributed by atoms with van der Waals surface area (Å²) in [5.74, 6) is -53.7. The van der Waals surface area contributed by atoms with Crippen LogP contribution >= 0.6 is 10.3 Å². The SMILES string of the molecule is O=S(=O)(OS(c1ccccc1)(c1ccc(C(F)(F)F)cc1)c1ccc(C(F)(F)F)cc1)C(F)(F)C(F)(F)C(F)(F)C(F)(F)C(F)(F)C(F)(F)C(F)(F)C(F)(F)F. The number of alkyl halides is 23. The van der Waals surface area contributed by atoms with Crippen molar-refractivity contribution in [3.8, 4) is 0 Å². The highest BCUT2D eigenvalue weighted by atomic mass is 32.3. The standard InChI is InChI=1S/C28H13F23O3S2/c29-19(30,31)14-6-10-17(11-7-14)55(16-4-2-1-3-5-16,18-12-8-15(9-13-18)20(32,33)34)54-56(52,53)28(50,51)26(45,46)24(41,42)22(37,38)21(35,36)23(39,40)25(43,44)27(47,48)49/h1-13H. The Hall–Kier alpha value is -3.69. The van der Waals surface area contributed by atoms with E-state index in [-0.39, 0.29) is 48.5 Å². The summed E-state index contributed by atoms with van der Waals surface area (Å²) >= 11 is 0. The number of rotatable bonds is 12. The molecule has 0 heterocycles. The molecule has 0 aliphatic heterocycles. The smallest absolute Gasteiger partial charge is 0.202 e. The second-order valence-electron chi connectivity index (χ2n) is 10.9. The molecule has 0 fully saturated rings. The van der Waals surface area contributed by atoms with E-state index in [4.69, 9.17) is 0 Å². The van der Waals surface area contributed by atoms with Gasteiger partial charge in [0.2, 0.25) is 0 Å². The number of hydrogen-bond acceptors (Lipinski definition) is 3. The molecule has 0 atom stereocenters. The molecule has 0 aliphatic rings.